The number of unbranched alkanes of at least 4 members (excludes halogenated alkanes) is 1. The van der Waals surface area contributed by atoms with E-state index in [1.807, 2.05) is 24.3 Å². The topological polar surface area (TPSA) is 91.6 Å². The van der Waals surface area contributed by atoms with Crippen LogP contribution in [0.3, 0.4) is 0 Å². The summed E-state index contributed by atoms with van der Waals surface area (Å²) >= 11 is 0. The highest BCUT2D eigenvalue weighted by Crippen LogP contribution is 2.21. The summed E-state index contributed by atoms with van der Waals surface area (Å²) < 4.78 is 0. The van der Waals surface area contributed by atoms with Gasteiger partial charge in [-0.15, -0.1) is 0 Å². The van der Waals surface area contributed by atoms with Crippen molar-refractivity contribution < 1.29 is 4.79 Å². The molecule has 1 aromatic carbocycles. The van der Waals surface area contributed by atoms with E-state index >= 15 is 0 Å². The van der Waals surface area contributed by atoms with E-state index in [0.717, 1.165) is 24.8 Å². The van der Waals surface area contributed by atoms with Crippen LogP contribution in [0.2, 0.25) is 0 Å². The Morgan fingerprint density at radius 1 is 1.50 bits per heavy atom. The zero-order chi connectivity index (χ0) is 13.4. The van der Waals surface area contributed by atoms with Gasteiger partial charge < -0.3 is 5.73 Å². The van der Waals surface area contributed by atoms with Crippen LogP contribution in [0.25, 0.3) is 0 Å². The summed E-state index contributed by atoms with van der Waals surface area (Å²) in [5.41, 5.74) is 6.76. The highest BCUT2D eigenvalue weighted by Gasteiger charge is 2.12. The SMILES string of the molecule is CCCCc1ccccc1N=NC(C#N)C(N)=O. The molecule has 0 radical (unpaired) electrons. The summed E-state index contributed by atoms with van der Waals surface area (Å²) in [6.45, 7) is 2.11. The molecule has 0 fully saturated rings. The number of amides is 1. The molecular weight excluding hydrogens is 228 g/mol. The van der Waals surface area contributed by atoms with Gasteiger partial charge in [-0.25, -0.2) is 0 Å². The van der Waals surface area contributed by atoms with Crippen LogP contribution < -0.4 is 5.73 Å². The second kappa shape index (κ2) is 7.17. The van der Waals surface area contributed by atoms with Gasteiger partial charge in [-0.3, -0.25) is 4.79 Å². The van der Waals surface area contributed by atoms with Crippen molar-refractivity contribution in [3.63, 3.8) is 0 Å². The smallest absolute Gasteiger partial charge is 0.258 e. The number of hydrogen-bond acceptors (Lipinski definition) is 4. The molecule has 5 nitrogen and oxygen atoms in total. The molecule has 18 heavy (non-hydrogen) atoms. The molecule has 0 bridgehead atoms. The molecule has 1 aromatic rings. The van der Waals surface area contributed by atoms with Gasteiger partial charge in [-0.2, -0.15) is 15.5 Å². The number of primary amides is 1. The van der Waals surface area contributed by atoms with Crippen molar-refractivity contribution in [3.05, 3.63) is 29.8 Å². The number of nitrogens with two attached hydrogens (primary N) is 1. The van der Waals surface area contributed by atoms with Gasteiger partial charge in [-0.1, -0.05) is 31.5 Å². The van der Waals surface area contributed by atoms with Crippen molar-refractivity contribution in [2.45, 2.75) is 32.2 Å². The Hall–Kier alpha value is -2.22. The van der Waals surface area contributed by atoms with Crippen LogP contribution >= 0.6 is 0 Å². The Balaban J connectivity index is 2.86. The Morgan fingerprint density at radius 3 is 2.83 bits per heavy atom. The molecular formula is C13H16N4O. The number of nitrogens with zero attached hydrogens (tertiary/aromatic N) is 3. The van der Waals surface area contributed by atoms with E-state index in [-0.39, 0.29) is 0 Å². The van der Waals surface area contributed by atoms with Crippen LogP contribution in [-0.4, -0.2) is 11.9 Å². The normalized spacial score (nSPS) is 12.2. The number of aryl methyl sites for hydroxylation is 1. The van der Waals surface area contributed by atoms with E-state index < -0.39 is 11.9 Å². The first-order valence-electron chi connectivity index (χ1n) is 5.86. The third kappa shape index (κ3) is 3.98. The maximum atomic E-state index is 10.9. The fraction of sp³-hybridized carbons (Fsp3) is 0.385. The molecule has 0 aliphatic rings. The van der Waals surface area contributed by atoms with Gasteiger partial charge in [0, 0.05) is 0 Å². The minimum atomic E-state index is -1.22. The Bertz CT molecular complexity index is 476. The van der Waals surface area contributed by atoms with Crippen LogP contribution in [0.5, 0.6) is 0 Å². The van der Waals surface area contributed by atoms with Gasteiger partial charge in [0.1, 0.15) is 6.07 Å². The van der Waals surface area contributed by atoms with Gasteiger partial charge in [0.2, 0.25) is 6.04 Å². The third-order valence-electron chi connectivity index (χ3n) is 2.46. The lowest BCUT2D eigenvalue weighted by Crippen LogP contribution is -2.24. The number of rotatable bonds is 6. The van der Waals surface area contributed by atoms with Crippen molar-refractivity contribution >= 4 is 11.6 Å². The van der Waals surface area contributed by atoms with Gasteiger partial charge in [-0.05, 0) is 24.5 Å². The number of hydrogen-bond donors (Lipinski definition) is 1. The zero-order valence-electron chi connectivity index (χ0n) is 10.3. The highest BCUT2D eigenvalue weighted by molar-refractivity contribution is 5.82. The number of azo groups is 1. The molecule has 0 aliphatic carbocycles. The maximum absolute atomic E-state index is 10.9. The molecule has 1 rings (SSSR count). The second-order valence-electron chi connectivity index (χ2n) is 3.88. The molecule has 1 amide bonds. The number of benzene rings is 1. The van der Waals surface area contributed by atoms with E-state index in [4.69, 9.17) is 11.0 Å². The molecule has 1 unspecified atom stereocenters. The number of carbonyl (C=O) groups is 1. The number of carbonyl (C=O) groups excluding carboxylic acids is 1. The highest BCUT2D eigenvalue weighted by atomic mass is 16.1. The van der Waals surface area contributed by atoms with Crippen molar-refractivity contribution in [2.24, 2.45) is 16.0 Å². The summed E-state index contributed by atoms with van der Waals surface area (Å²) in [4.78, 5) is 10.9. The van der Waals surface area contributed by atoms with Gasteiger partial charge >= 0.3 is 0 Å². The van der Waals surface area contributed by atoms with Gasteiger partial charge in [0.05, 0.1) is 5.69 Å². The molecule has 0 saturated carbocycles. The zero-order valence-corrected chi connectivity index (χ0v) is 10.3. The quantitative estimate of drug-likeness (QED) is 0.778. The lowest BCUT2D eigenvalue weighted by Gasteiger charge is -2.03. The van der Waals surface area contributed by atoms with Crippen molar-refractivity contribution in [3.8, 4) is 6.07 Å². The van der Waals surface area contributed by atoms with Crippen molar-refractivity contribution in [2.75, 3.05) is 0 Å². The van der Waals surface area contributed by atoms with E-state index in [9.17, 15) is 4.79 Å². The maximum Gasteiger partial charge on any atom is 0.258 e. The molecule has 0 spiro atoms. The fourth-order valence-electron chi connectivity index (χ4n) is 1.45. The first kappa shape index (κ1) is 13.8. The first-order chi connectivity index (χ1) is 8.69. The van der Waals surface area contributed by atoms with E-state index in [1.54, 1.807) is 6.07 Å². The third-order valence-corrected chi connectivity index (χ3v) is 2.46. The lowest BCUT2D eigenvalue weighted by molar-refractivity contribution is -0.118. The van der Waals surface area contributed by atoms with Gasteiger partial charge in [0.25, 0.3) is 5.91 Å². The molecule has 0 saturated heterocycles. The Morgan fingerprint density at radius 2 is 2.22 bits per heavy atom. The largest absolute Gasteiger partial charge is 0.367 e. The summed E-state index contributed by atoms with van der Waals surface area (Å²) in [5, 5.41) is 16.3. The average molecular weight is 244 g/mol. The summed E-state index contributed by atoms with van der Waals surface area (Å²) in [7, 11) is 0. The molecule has 94 valence electrons. The molecule has 0 heterocycles. The van der Waals surface area contributed by atoms with Crippen LogP contribution in [0.1, 0.15) is 25.3 Å². The number of nitriles is 1. The van der Waals surface area contributed by atoms with E-state index in [1.165, 1.54) is 0 Å². The molecule has 0 aliphatic heterocycles. The van der Waals surface area contributed by atoms with Crippen molar-refractivity contribution in [1.82, 2.24) is 0 Å². The summed E-state index contributed by atoms with van der Waals surface area (Å²) in [6.07, 6.45) is 3.05. The van der Waals surface area contributed by atoms with E-state index in [2.05, 4.69) is 17.2 Å². The molecule has 1 atom stereocenters. The predicted molar refractivity (Wildman–Crippen MR) is 68.2 cm³/mol. The van der Waals surface area contributed by atoms with Crippen LogP contribution in [0.4, 0.5) is 5.69 Å². The van der Waals surface area contributed by atoms with Gasteiger partial charge in [0.15, 0.2) is 0 Å². The minimum Gasteiger partial charge on any atom is -0.367 e. The van der Waals surface area contributed by atoms with Crippen LogP contribution in [0.15, 0.2) is 34.5 Å². The average Bonchev–Trinajstić information content (AvgIpc) is 2.38. The van der Waals surface area contributed by atoms with E-state index in [0.29, 0.717) is 5.69 Å². The fourth-order valence-corrected chi connectivity index (χ4v) is 1.45. The molecule has 5 heteroatoms. The first-order valence-corrected chi connectivity index (χ1v) is 5.86. The minimum absolute atomic E-state index is 0.687. The van der Waals surface area contributed by atoms with Crippen LogP contribution in [-0.2, 0) is 11.2 Å². The Labute approximate surface area is 106 Å². The predicted octanol–water partition coefficient (Wildman–Crippen LogP) is 2.49. The van der Waals surface area contributed by atoms with Crippen molar-refractivity contribution in [1.29, 1.82) is 5.26 Å². The lowest BCUT2D eigenvalue weighted by atomic mass is 10.1. The molecule has 2 N–H and O–H groups in total. The second-order valence-corrected chi connectivity index (χ2v) is 3.88. The van der Waals surface area contributed by atoms with Crippen LogP contribution in [0, 0.1) is 11.3 Å². The standard InChI is InChI=1S/C13H16N4O/c1-2-3-6-10-7-4-5-8-11(10)16-17-12(9-14)13(15)18/h4-5,7-8,12H,2-3,6H2,1H3,(H2,15,18). The molecule has 0 aromatic heterocycles. The summed E-state index contributed by atoms with van der Waals surface area (Å²) in [5.74, 6) is -0.785. The summed E-state index contributed by atoms with van der Waals surface area (Å²) in [6, 6.07) is 8.03. The Kier molecular flexibility index (Phi) is 5.52. The monoisotopic (exact) mass is 244 g/mol.